The number of nitrogens with one attached hydrogen (secondary N) is 1. The van der Waals surface area contributed by atoms with E-state index in [1.165, 1.54) is 6.07 Å². The number of carbonyl (C=O) groups is 1. The molecule has 0 saturated heterocycles. The Bertz CT molecular complexity index is 1220. The number of aryl methyl sites for hydroxylation is 1. The lowest BCUT2D eigenvalue weighted by Crippen LogP contribution is -2.36. The minimum absolute atomic E-state index is 0.0103. The second-order valence-corrected chi connectivity index (χ2v) is 8.97. The quantitative estimate of drug-likeness (QED) is 0.537. The molecule has 1 aliphatic heterocycles. The number of rotatable bonds is 3. The first-order chi connectivity index (χ1) is 14.6. The molecule has 1 N–H and O–H groups in total. The van der Waals surface area contributed by atoms with E-state index in [9.17, 15) is 20.2 Å². The number of allylic oxidation sites excluding steroid dienone is 4. The average Bonchev–Trinajstić information content (AvgIpc) is 3.14. The van der Waals surface area contributed by atoms with Crippen LogP contribution in [0, 0.1) is 33.8 Å². The standard InChI is InChI=1S/C24H23N3O4/c1-13-6-5-7-17(27(29)30)21(13)19-8-9-20(31-19)22-15(12-25)14(2)26-16-10-24(3,4)11-18(28)23(16)22/h5-9,22,26H,10-11H2,1-4H3. The number of furan rings is 1. The van der Waals surface area contributed by atoms with Crippen LogP contribution in [0.2, 0.25) is 0 Å². The largest absolute Gasteiger partial charge is 0.460 e. The Kier molecular flexibility index (Phi) is 4.81. The summed E-state index contributed by atoms with van der Waals surface area (Å²) in [5.74, 6) is 0.148. The third-order valence-electron chi connectivity index (χ3n) is 5.97. The number of hydrogen-bond acceptors (Lipinski definition) is 6. The van der Waals surface area contributed by atoms with Crippen molar-refractivity contribution in [3.05, 3.63) is 74.3 Å². The fourth-order valence-electron chi connectivity index (χ4n) is 4.64. The predicted molar refractivity (Wildman–Crippen MR) is 115 cm³/mol. The van der Waals surface area contributed by atoms with Crippen LogP contribution < -0.4 is 5.32 Å². The number of dihydropyridines is 1. The second kappa shape index (κ2) is 7.24. The van der Waals surface area contributed by atoms with E-state index >= 15 is 0 Å². The van der Waals surface area contributed by atoms with E-state index in [0.29, 0.717) is 52.3 Å². The molecule has 1 unspecified atom stereocenters. The summed E-state index contributed by atoms with van der Waals surface area (Å²) >= 11 is 0. The number of nitrogens with zero attached hydrogens (tertiary/aromatic N) is 2. The fourth-order valence-corrected chi connectivity index (χ4v) is 4.64. The van der Waals surface area contributed by atoms with E-state index < -0.39 is 10.8 Å². The zero-order valence-corrected chi connectivity index (χ0v) is 17.9. The first-order valence-corrected chi connectivity index (χ1v) is 10.1. The lowest BCUT2D eigenvalue weighted by Gasteiger charge is -2.38. The smallest absolute Gasteiger partial charge is 0.280 e. The molecule has 0 fully saturated rings. The third kappa shape index (κ3) is 3.44. The molecule has 0 spiro atoms. The summed E-state index contributed by atoms with van der Waals surface area (Å²) < 4.78 is 6.11. The van der Waals surface area contributed by atoms with Crippen molar-refractivity contribution in [2.75, 3.05) is 0 Å². The molecule has 2 aromatic rings. The first-order valence-electron chi connectivity index (χ1n) is 10.1. The molecule has 1 aliphatic carbocycles. The minimum Gasteiger partial charge on any atom is -0.460 e. The van der Waals surface area contributed by atoms with Crippen LogP contribution in [0.15, 0.2) is 57.3 Å². The van der Waals surface area contributed by atoms with Crippen molar-refractivity contribution in [3.8, 4) is 17.4 Å². The van der Waals surface area contributed by atoms with E-state index in [1.807, 2.05) is 20.8 Å². The van der Waals surface area contributed by atoms with Crippen LogP contribution in [0.5, 0.6) is 0 Å². The van der Waals surface area contributed by atoms with Gasteiger partial charge in [-0.15, -0.1) is 0 Å². The number of hydrogen-bond donors (Lipinski definition) is 1. The number of carbonyl (C=O) groups excluding carboxylic acids is 1. The van der Waals surface area contributed by atoms with Gasteiger partial charge in [0.2, 0.25) is 0 Å². The Morgan fingerprint density at radius 2 is 1.97 bits per heavy atom. The minimum atomic E-state index is -0.623. The Labute approximate surface area is 180 Å². The molecule has 1 aromatic heterocycles. The molecule has 7 heteroatoms. The van der Waals surface area contributed by atoms with Crippen LogP contribution in [-0.4, -0.2) is 10.7 Å². The van der Waals surface area contributed by atoms with Gasteiger partial charge in [-0.1, -0.05) is 26.0 Å². The van der Waals surface area contributed by atoms with E-state index in [0.717, 1.165) is 5.70 Å². The molecule has 2 aliphatic rings. The van der Waals surface area contributed by atoms with E-state index in [2.05, 4.69) is 11.4 Å². The molecule has 1 aromatic carbocycles. The summed E-state index contributed by atoms with van der Waals surface area (Å²) in [6, 6.07) is 10.5. The molecule has 2 heterocycles. The highest BCUT2D eigenvalue weighted by molar-refractivity contribution is 6.00. The van der Waals surface area contributed by atoms with Gasteiger partial charge < -0.3 is 9.73 Å². The lowest BCUT2D eigenvalue weighted by molar-refractivity contribution is -0.384. The topological polar surface area (TPSA) is 109 Å². The Morgan fingerprint density at radius 1 is 1.23 bits per heavy atom. The van der Waals surface area contributed by atoms with Crippen LogP contribution in [-0.2, 0) is 4.79 Å². The van der Waals surface area contributed by atoms with Crippen molar-refractivity contribution >= 4 is 11.5 Å². The highest BCUT2D eigenvalue weighted by Gasteiger charge is 2.42. The van der Waals surface area contributed by atoms with Crippen molar-refractivity contribution < 1.29 is 14.1 Å². The van der Waals surface area contributed by atoms with Crippen LogP contribution in [0.1, 0.15) is 50.9 Å². The molecule has 4 rings (SSSR count). The number of nitriles is 1. The van der Waals surface area contributed by atoms with Gasteiger partial charge in [0.15, 0.2) is 5.78 Å². The number of ketones is 1. The summed E-state index contributed by atoms with van der Waals surface area (Å²) in [6.45, 7) is 7.70. The van der Waals surface area contributed by atoms with Crippen LogP contribution >= 0.6 is 0 Å². The molecule has 158 valence electrons. The maximum atomic E-state index is 13.1. The molecule has 0 bridgehead atoms. The average molecular weight is 417 g/mol. The van der Waals surface area contributed by atoms with Crippen LogP contribution in [0.4, 0.5) is 5.69 Å². The Balaban J connectivity index is 1.87. The predicted octanol–water partition coefficient (Wildman–Crippen LogP) is 5.29. The zero-order valence-electron chi connectivity index (χ0n) is 17.9. The molecule has 1 atom stereocenters. The van der Waals surface area contributed by atoms with Gasteiger partial charge in [0.1, 0.15) is 11.5 Å². The fraction of sp³-hybridized carbons (Fsp3) is 0.333. The molecule has 0 amide bonds. The van der Waals surface area contributed by atoms with Crippen molar-refractivity contribution in [1.29, 1.82) is 5.26 Å². The van der Waals surface area contributed by atoms with Gasteiger partial charge in [-0.2, -0.15) is 5.26 Å². The monoisotopic (exact) mass is 417 g/mol. The highest BCUT2D eigenvalue weighted by atomic mass is 16.6. The van der Waals surface area contributed by atoms with E-state index in [1.54, 1.807) is 31.2 Å². The second-order valence-electron chi connectivity index (χ2n) is 8.97. The van der Waals surface area contributed by atoms with Crippen LogP contribution in [0.25, 0.3) is 11.3 Å². The van der Waals surface area contributed by atoms with Gasteiger partial charge in [0.05, 0.1) is 28.0 Å². The molecule has 31 heavy (non-hydrogen) atoms. The van der Waals surface area contributed by atoms with Gasteiger partial charge in [-0.3, -0.25) is 14.9 Å². The number of benzene rings is 1. The van der Waals surface area contributed by atoms with Crippen molar-refractivity contribution in [2.24, 2.45) is 5.41 Å². The summed E-state index contributed by atoms with van der Waals surface area (Å²) in [5, 5.41) is 24.6. The normalized spacial score (nSPS) is 20.2. The number of Topliss-reactive ketones (excluding diaryl/α,β-unsaturated/α-hetero) is 1. The van der Waals surface area contributed by atoms with Gasteiger partial charge in [-0.05, 0) is 43.4 Å². The number of nitro groups is 1. The third-order valence-corrected chi connectivity index (χ3v) is 5.97. The van der Waals surface area contributed by atoms with Crippen LogP contribution in [0.3, 0.4) is 0 Å². The van der Waals surface area contributed by atoms with Gasteiger partial charge in [0, 0.05) is 29.5 Å². The van der Waals surface area contributed by atoms with Gasteiger partial charge >= 0.3 is 0 Å². The first kappa shape index (κ1) is 20.6. The van der Waals surface area contributed by atoms with Gasteiger partial charge in [-0.25, -0.2) is 0 Å². The van der Waals surface area contributed by atoms with Crippen molar-refractivity contribution in [1.82, 2.24) is 5.32 Å². The summed E-state index contributed by atoms with van der Waals surface area (Å²) in [5.41, 5.74) is 3.38. The molecular weight excluding hydrogens is 394 g/mol. The van der Waals surface area contributed by atoms with E-state index in [-0.39, 0.29) is 16.9 Å². The molecule has 0 saturated carbocycles. The summed E-state index contributed by atoms with van der Waals surface area (Å²) in [7, 11) is 0. The molecule has 0 radical (unpaired) electrons. The zero-order chi connectivity index (χ0) is 22.5. The molecule has 7 nitrogen and oxygen atoms in total. The van der Waals surface area contributed by atoms with Gasteiger partial charge in [0.25, 0.3) is 5.69 Å². The maximum absolute atomic E-state index is 13.1. The SMILES string of the molecule is CC1=C(C#N)C(c2ccc(-c3c(C)cccc3[N+](=O)[O-])o2)C2=C(CC(C)(C)CC2=O)N1. The summed E-state index contributed by atoms with van der Waals surface area (Å²) in [4.78, 5) is 24.2. The molecular formula is C24H23N3O4. The summed E-state index contributed by atoms with van der Waals surface area (Å²) in [6.07, 6.45) is 1.08. The van der Waals surface area contributed by atoms with Crippen molar-refractivity contribution in [3.63, 3.8) is 0 Å². The Morgan fingerprint density at radius 3 is 2.65 bits per heavy atom. The number of nitro benzene ring substituents is 1. The lowest BCUT2D eigenvalue weighted by atomic mass is 9.70. The van der Waals surface area contributed by atoms with E-state index in [4.69, 9.17) is 4.42 Å². The van der Waals surface area contributed by atoms with Crippen molar-refractivity contribution in [2.45, 2.75) is 46.5 Å². The maximum Gasteiger partial charge on any atom is 0.280 e. The highest BCUT2D eigenvalue weighted by Crippen LogP contribution is 2.47. The Hall–Kier alpha value is -3.66.